The van der Waals surface area contributed by atoms with Gasteiger partial charge in [-0.05, 0) is 80.3 Å². The lowest BCUT2D eigenvalue weighted by Gasteiger charge is -2.41. The molecule has 99 heavy (non-hydrogen) atoms. The molecular weight excluding hydrogens is 1310 g/mol. The van der Waals surface area contributed by atoms with Gasteiger partial charge in [-0.25, -0.2) is 0 Å². The average Bonchev–Trinajstić information content (AvgIpc) is 1.92. The van der Waals surface area contributed by atoms with Crippen molar-refractivity contribution in [3.63, 3.8) is 0 Å². The van der Waals surface area contributed by atoms with Gasteiger partial charge in [0.2, 0.25) is 47.3 Å². The predicted molar refractivity (Wildman–Crippen MR) is 359 cm³/mol. The van der Waals surface area contributed by atoms with E-state index in [1.165, 1.54) is 80.7 Å². The van der Waals surface area contributed by atoms with Crippen molar-refractivity contribution in [2.45, 2.75) is 151 Å². The number of carbonyl (C=O) groups excluding carboxylic acids is 9. The molecule has 13 atom stereocenters. The highest BCUT2D eigenvalue weighted by Gasteiger charge is 2.50. The molecule has 33 heteroatoms. The van der Waals surface area contributed by atoms with Crippen LogP contribution in [0, 0.1) is 5.92 Å². The van der Waals surface area contributed by atoms with Crippen molar-refractivity contribution in [1.82, 2.24) is 62.1 Å². The molecule has 538 valence electrons. The molecule has 1 aliphatic carbocycles. The molecule has 1 unspecified atom stereocenters. The lowest BCUT2D eigenvalue weighted by atomic mass is 9.94. The molecule has 0 bridgehead atoms. The lowest BCUT2D eigenvalue weighted by Crippen LogP contribution is -2.64. The minimum Gasteiger partial charge on any atom is -0.504 e. The van der Waals surface area contributed by atoms with Crippen molar-refractivity contribution >= 4 is 70.2 Å². The van der Waals surface area contributed by atoms with E-state index >= 15 is 0 Å². The Labute approximate surface area is 575 Å². The summed E-state index contributed by atoms with van der Waals surface area (Å²) >= 11 is 1.34. The largest absolute Gasteiger partial charge is 0.504 e. The third-order valence-electron chi connectivity index (χ3n) is 18.7. The van der Waals surface area contributed by atoms with Crippen molar-refractivity contribution in [1.29, 1.82) is 0 Å². The highest BCUT2D eigenvalue weighted by atomic mass is 32.1. The quantitative estimate of drug-likeness (QED) is 0.0374. The molecule has 5 heterocycles. The molecular formula is C66H91N15O17S. The molecule has 4 aliphatic heterocycles. The van der Waals surface area contributed by atoms with Crippen LogP contribution in [-0.4, -0.2) is 271 Å². The van der Waals surface area contributed by atoms with Crippen LogP contribution < -0.4 is 58.3 Å². The molecule has 9 amide bonds. The van der Waals surface area contributed by atoms with E-state index in [0.29, 0.717) is 21.6 Å². The molecule has 5 fully saturated rings. The van der Waals surface area contributed by atoms with Crippen LogP contribution in [0.25, 0.3) is 21.1 Å². The lowest BCUT2D eigenvalue weighted by molar-refractivity contribution is -0.147. The SMILES string of the molecule is C[C@@H](O)[C@@H]1NC(=O)C(NC(=O)c2ccc(-c3nnc(-c4ccc(N5CCN(C6CCCCC6)CC5)cc4)s3)cc2)C[C@@H](O)CNC(=O)[C@@H]2[C@@H](O)[C@@H](C)CN2C(=O)[C@H]([C@H](O)CCNC(=O)CN)NC(=O)[C@H]([C@H](O)Cc2ccc(O)c(OCCNC(=O)CN)c2)NC(=O)[C@@H]2C[C@@H](O)CN2C1=O. The van der Waals surface area contributed by atoms with Crippen molar-refractivity contribution in [3.8, 4) is 32.6 Å². The van der Waals surface area contributed by atoms with Crippen molar-refractivity contribution in [3.05, 3.63) is 77.9 Å². The number of hydrogen-bond donors (Lipinski definition) is 16. The minimum absolute atomic E-state index is 0.0232. The molecule has 1 aromatic heterocycles. The first-order valence-electron chi connectivity index (χ1n) is 33.5. The molecule has 9 rings (SSSR count). The van der Waals surface area contributed by atoms with E-state index in [9.17, 15) is 78.9 Å². The first-order chi connectivity index (χ1) is 47.4. The molecule has 3 aromatic carbocycles. The number of fused-ring (bicyclic) bond motifs is 2. The van der Waals surface area contributed by atoms with E-state index in [1.807, 2.05) is 12.1 Å². The summed E-state index contributed by atoms with van der Waals surface area (Å²) in [5, 5.41) is 107. The molecule has 4 saturated heterocycles. The smallest absolute Gasteiger partial charge is 0.251 e. The van der Waals surface area contributed by atoms with Gasteiger partial charge in [0.05, 0.1) is 56.3 Å². The van der Waals surface area contributed by atoms with Gasteiger partial charge in [-0.1, -0.05) is 55.7 Å². The van der Waals surface area contributed by atoms with Crippen LogP contribution in [-0.2, 0) is 44.8 Å². The number of aliphatic hydroxyl groups excluding tert-OH is 6. The maximum Gasteiger partial charge on any atom is 0.251 e. The van der Waals surface area contributed by atoms with Gasteiger partial charge in [-0.3, -0.25) is 48.1 Å². The van der Waals surface area contributed by atoms with E-state index < -0.39 is 177 Å². The molecule has 1 saturated carbocycles. The Morgan fingerprint density at radius 3 is 1.96 bits per heavy atom. The van der Waals surface area contributed by atoms with Crippen molar-refractivity contribution in [2.75, 3.05) is 83.5 Å². The fourth-order valence-electron chi connectivity index (χ4n) is 13.2. The summed E-state index contributed by atoms with van der Waals surface area (Å²) in [4.78, 5) is 133. The second-order valence-corrected chi connectivity index (χ2v) is 26.9. The van der Waals surface area contributed by atoms with Gasteiger partial charge >= 0.3 is 0 Å². The number of ether oxygens (including phenoxy) is 1. The Balaban J connectivity index is 0.967. The van der Waals surface area contributed by atoms with Crippen LogP contribution >= 0.6 is 11.3 Å². The number of piperazine rings is 1. The molecule has 18 N–H and O–H groups in total. The normalized spacial score (nSPS) is 25.9. The van der Waals surface area contributed by atoms with Gasteiger partial charge in [-0.2, -0.15) is 0 Å². The fourth-order valence-corrected chi connectivity index (χ4v) is 14.0. The summed E-state index contributed by atoms with van der Waals surface area (Å²) in [7, 11) is 0. The maximum atomic E-state index is 15.0. The van der Waals surface area contributed by atoms with E-state index in [1.54, 1.807) is 12.1 Å². The number of nitrogens with two attached hydrogens (primary N) is 2. The van der Waals surface area contributed by atoms with E-state index in [0.717, 1.165) is 54.2 Å². The zero-order valence-corrected chi connectivity index (χ0v) is 56.1. The highest BCUT2D eigenvalue weighted by Crippen LogP contribution is 2.34. The number of anilines is 1. The number of aromatic hydroxyl groups is 1. The Kier molecular flexibility index (Phi) is 26.0. The topological polar surface area (TPSA) is 479 Å². The number of aromatic nitrogens is 2. The molecule has 4 aromatic rings. The van der Waals surface area contributed by atoms with E-state index in [-0.39, 0.29) is 55.4 Å². The first kappa shape index (κ1) is 74.7. The van der Waals surface area contributed by atoms with E-state index in [2.05, 4.69) is 69.3 Å². The third-order valence-corrected chi connectivity index (χ3v) is 19.8. The monoisotopic (exact) mass is 1400 g/mol. The molecule has 0 spiro atoms. The van der Waals surface area contributed by atoms with Gasteiger partial charge in [0.15, 0.2) is 11.5 Å². The first-order valence-corrected chi connectivity index (χ1v) is 34.3. The predicted octanol–water partition coefficient (Wildman–Crippen LogP) is -4.10. The second kappa shape index (κ2) is 34.5. The Hall–Kier alpha value is -8.51. The maximum absolute atomic E-state index is 15.0. The van der Waals surface area contributed by atoms with E-state index in [4.69, 9.17) is 16.2 Å². The number of nitrogens with one attached hydrogen (secondary N) is 7. The van der Waals surface area contributed by atoms with Crippen LogP contribution in [0.3, 0.4) is 0 Å². The minimum atomic E-state index is -2.14. The molecule has 32 nitrogen and oxygen atoms in total. The van der Waals surface area contributed by atoms with Crippen LogP contribution in [0.2, 0.25) is 0 Å². The van der Waals surface area contributed by atoms with Gasteiger partial charge < -0.3 is 104 Å². The van der Waals surface area contributed by atoms with Crippen LogP contribution in [0.4, 0.5) is 5.69 Å². The van der Waals surface area contributed by atoms with Crippen LogP contribution in [0.5, 0.6) is 11.5 Å². The fraction of sp³-hybridized carbons (Fsp3) is 0.561. The summed E-state index contributed by atoms with van der Waals surface area (Å²) in [6, 6.07) is 7.50. The number of phenols is 1. The van der Waals surface area contributed by atoms with Crippen LogP contribution in [0.1, 0.15) is 81.1 Å². The second-order valence-electron chi connectivity index (χ2n) is 25.9. The number of phenolic OH excluding ortho intramolecular Hbond substituents is 1. The number of β-amino-alcohol motifs (C(OH)–C–C–N with tert-alkyl or cyclic N) is 1. The zero-order valence-electron chi connectivity index (χ0n) is 55.2. The number of hydrogen-bond acceptors (Lipinski definition) is 24. The summed E-state index contributed by atoms with van der Waals surface area (Å²) in [6.07, 6.45) is -6.15. The molecule has 5 aliphatic rings. The van der Waals surface area contributed by atoms with Gasteiger partial charge in [0.1, 0.15) is 52.9 Å². The standard InChI is InChI=1S/C66H91N15O17S/c1-35-33-81-56(57(35)90)62(95)71-32-43(83)28-45(72-58(91)38-9-11-39(12-10-38)63-76-77-64(99-63)40-13-15-42(16-14-40)79-23-21-78(22-24-79)41-6-4-3-5-7-41)59(92)73-53(36(2)82)65(96)80-34-44(84)29-46(80)60(93)74-54(61(94)75-55(66(81)97)48(86)18-19-69-51(88)30-67)49(87)26-37-8-17-47(85)50(27-37)98-25-20-70-52(89)31-68/h8-17,27,35-36,41,43-46,48-49,53-57,82-87,90H,3-7,18-26,28-34,67-68H2,1-2H3,(H,69,88)(H,70,89)(H,71,95)(H,72,91)(H,73,92)(H,74,93)(H,75,94)/t35-,36+,43+,44+,45?,46-,48+,49+,53-,54-,55-,56-,57-/m0/s1. The zero-order chi connectivity index (χ0) is 71.2. The number of rotatable bonds is 20. The van der Waals surface area contributed by atoms with Gasteiger partial charge in [-0.15, -0.1) is 10.2 Å². The summed E-state index contributed by atoms with van der Waals surface area (Å²) in [5.74, 6) is -10.4. The summed E-state index contributed by atoms with van der Waals surface area (Å²) < 4.78 is 5.64. The Morgan fingerprint density at radius 1 is 0.697 bits per heavy atom. The van der Waals surface area contributed by atoms with Crippen molar-refractivity contribution < 1.29 is 83.6 Å². The number of aliphatic hydroxyl groups is 6. The number of nitrogens with zero attached hydrogens (tertiary/aromatic N) is 6. The highest BCUT2D eigenvalue weighted by molar-refractivity contribution is 7.17. The molecule has 0 radical (unpaired) electrons. The van der Waals surface area contributed by atoms with Crippen molar-refractivity contribution in [2.24, 2.45) is 17.4 Å². The third kappa shape index (κ3) is 19.1. The van der Waals surface area contributed by atoms with Gasteiger partial charge in [0, 0.05) is 106 Å². The van der Waals surface area contributed by atoms with Crippen LogP contribution in [0.15, 0.2) is 66.7 Å². The van der Waals surface area contributed by atoms with Gasteiger partial charge in [0.25, 0.3) is 5.91 Å². The summed E-state index contributed by atoms with van der Waals surface area (Å²) in [6.45, 7) is 3.73. The number of benzene rings is 3. The number of carbonyl (C=O) groups is 9. The summed E-state index contributed by atoms with van der Waals surface area (Å²) in [5.41, 5.74) is 13.6. The average molecular weight is 1400 g/mol. The Bertz CT molecular complexity index is 3480. The number of amides is 9. The Morgan fingerprint density at radius 2 is 1.31 bits per heavy atom.